The van der Waals surface area contributed by atoms with Crippen LogP contribution >= 0.6 is 46.3 Å². The van der Waals surface area contributed by atoms with Crippen molar-refractivity contribution >= 4 is 86.2 Å². The molecule has 3 atom stereocenters. The average Bonchev–Trinajstić information content (AvgIpc) is 3.44. The Balaban J connectivity index is 1.28. The van der Waals surface area contributed by atoms with Crippen LogP contribution in [0.4, 0.5) is 11.4 Å². The summed E-state index contributed by atoms with van der Waals surface area (Å²) in [5.41, 5.74) is 1.83. The number of nitrogens with zero attached hydrogens (tertiary/aromatic N) is 2. The zero-order valence-corrected chi connectivity index (χ0v) is 25.3. The number of carbonyl (C=O) groups excluding carboxylic acids is 3. The minimum absolute atomic E-state index is 0.241. The molecule has 214 valence electrons. The lowest BCUT2D eigenvalue weighted by molar-refractivity contribution is -0.122. The van der Waals surface area contributed by atoms with E-state index in [1.54, 1.807) is 36.4 Å². The lowest BCUT2D eigenvalue weighted by Crippen LogP contribution is -2.33. The van der Waals surface area contributed by atoms with Gasteiger partial charge in [-0.2, -0.15) is 0 Å². The van der Waals surface area contributed by atoms with E-state index in [-0.39, 0.29) is 29.1 Å². The quantitative estimate of drug-likeness (QED) is 0.212. The first-order chi connectivity index (χ1) is 20.8. The third-order valence-electron chi connectivity index (χ3n) is 7.73. The van der Waals surface area contributed by atoms with Crippen LogP contribution in [0.25, 0.3) is 10.8 Å². The fourth-order valence-corrected chi connectivity index (χ4v) is 8.82. The van der Waals surface area contributed by atoms with E-state index in [1.807, 2.05) is 54.6 Å². The van der Waals surface area contributed by atoms with E-state index >= 15 is 0 Å². The molecule has 0 bridgehead atoms. The molecule has 1 aromatic heterocycles. The summed E-state index contributed by atoms with van der Waals surface area (Å²) >= 11 is 14.4. The number of thioether (sulfide) groups is 1. The van der Waals surface area contributed by atoms with Gasteiger partial charge in [0.05, 0.1) is 16.6 Å². The van der Waals surface area contributed by atoms with E-state index in [4.69, 9.17) is 23.2 Å². The first-order valence-corrected chi connectivity index (χ1v) is 15.8. The molecular formula is C32H21Cl2N3O4S2. The van der Waals surface area contributed by atoms with Crippen molar-refractivity contribution < 1.29 is 14.4 Å². The first kappa shape index (κ1) is 27.9. The third kappa shape index (κ3) is 4.86. The lowest BCUT2D eigenvalue weighted by Gasteiger charge is -2.30. The van der Waals surface area contributed by atoms with E-state index in [2.05, 4.69) is 5.32 Å². The lowest BCUT2D eigenvalue weighted by atomic mass is 9.83. The van der Waals surface area contributed by atoms with Gasteiger partial charge in [-0.05, 0) is 53.4 Å². The second-order valence-electron chi connectivity index (χ2n) is 10.3. The van der Waals surface area contributed by atoms with Gasteiger partial charge in [-0.3, -0.25) is 23.7 Å². The molecule has 3 heterocycles. The smallest absolute Gasteiger partial charge is 0.308 e. The van der Waals surface area contributed by atoms with Crippen molar-refractivity contribution in [3.05, 3.63) is 121 Å². The number of amides is 3. The predicted molar refractivity (Wildman–Crippen MR) is 172 cm³/mol. The van der Waals surface area contributed by atoms with Crippen LogP contribution in [0.2, 0.25) is 10.0 Å². The molecule has 43 heavy (non-hydrogen) atoms. The van der Waals surface area contributed by atoms with Crippen LogP contribution in [0.15, 0.2) is 101 Å². The number of hydrogen-bond donors (Lipinski definition) is 1. The van der Waals surface area contributed by atoms with Crippen LogP contribution in [0.1, 0.15) is 16.4 Å². The highest BCUT2D eigenvalue weighted by Gasteiger charge is 2.56. The molecule has 0 spiro atoms. The number of nitrogens with one attached hydrogen (secondary N) is 1. The maximum absolute atomic E-state index is 14.0. The van der Waals surface area contributed by atoms with Crippen molar-refractivity contribution in [1.82, 2.24) is 4.57 Å². The molecule has 1 N–H and O–H groups in total. The number of fused-ring (bicyclic) bond motifs is 3. The predicted octanol–water partition coefficient (Wildman–Crippen LogP) is 6.80. The van der Waals surface area contributed by atoms with Crippen molar-refractivity contribution in [3.63, 3.8) is 0 Å². The Morgan fingerprint density at radius 1 is 0.814 bits per heavy atom. The fourth-order valence-electron chi connectivity index (χ4n) is 5.80. The van der Waals surface area contributed by atoms with E-state index in [9.17, 15) is 19.2 Å². The van der Waals surface area contributed by atoms with Crippen LogP contribution in [0, 0.1) is 5.92 Å². The van der Waals surface area contributed by atoms with Crippen LogP contribution in [-0.2, 0) is 20.9 Å². The summed E-state index contributed by atoms with van der Waals surface area (Å²) in [6, 6.07) is 27.0. The maximum atomic E-state index is 14.0. The summed E-state index contributed by atoms with van der Waals surface area (Å²) in [7, 11) is 0. The number of rotatable bonds is 5. The summed E-state index contributed by atoms with van der Waals surface area (Å²) in [5.74, 6) is -2.43. The highest BCUT2D eigenvalue weighted by molar-refractivity contribution is 8.00. The van der Waals surface area contributed by atoms with Gasteiger partial charge in [0.1, 0.15) is 11.8 Å². The second kappa shape index (κ2) is 11.0. The van der Waals surface area contributed by atoms with Crippen LogP contribution in [0.3, 0.4) is 0 Å². The molecule has 7 nitrogen and oxygen atoms in total. The number of thiazole rings is 1. The molecule has 2 aliphatic heterocycles. The van der Waals surface area contributed by atoms with Crippen molar-refractivity contribution in [2.45, 2.75) is 22.7 Å². The van der Waals surface area contributed by atoms with E-state index in [1.165, 1.54) is 21.2 Å². The van der Waals surface area contributed by atoms with Crippen molar-refractivity contribution in [2.24, 2.45) is 5.92 Å². The molecule has 7 rings (SSSR count). The van der Waals surface area contributed by atoms with Gasteiger partial charge < -0.3 is 5.32 Å². The highest BCUT2D eigenvalue weighted by atomic mass is 35.5. The molecule has 0 radical (unpaired) electrons. The molecule has 2 aliphatic rings. The van der Waals surface area contributed by atoms with Crippen LogP contribution < -0.4 is 15.1 Å². The molecular weight excluding hydrogens is 625 g/mol. The molecule has 11 heteroatoms. The summed E-state index contributed by atoms with van der Waals surface area (Å²) < 4.78 is 1.41. The third-order valence-corrected chi connectivity index (χ3v) is 10.8. The van der Waals surface area contributed by atoms with Gasteiger partial charge in [-0.1, -0.05) is 94.8 Å². The molecule has 5 aromatic rings. The number of halogens is 2. The summed E-state index contributed by atoms with van der Waals surface area (Å²) in [4.78, 5) is 56.1. The Morgan fingerprint density at radius 3 is 2.23 bits per heavy atom. The molecule has 0 saturated carbocycles. The van der Waals surface area contributed by atoms with E-state index in [0.29, 0.717) is 31.3 Å². The number of imide groups is 1. The van der Waals surface area contributed by atoms with Crippen molar-refractivity contribution in [2.75, 3.05) is 10.2 Å². The van der Waals surface area contributed by atoms with E-state index in [0.717, 1.165) is 27.7 Å². The van der Waals surface area contributed by atoms with E-state index < -0.39 is 17.1 Å². The Morgan fingerprint density at radius 2 is 1.49 bits per heavy atom. The van der Waals surface area contributed by atoms with Gasteiger partial charge in [-0.15, -0.1) is 0 Å². The monoisotopic (exact) mass is 645 g/mol. The molecule has 4 aromatic carbocycles. The number of benzene rings is 4. The Bertz CT molecular complexity index is 1980. The SMILES string of the molecule is O=C(Cn1c2c(sc1=O)C(c1ccc(Cl)cc1)C1C(=O)N(c3ccc(Cl)cc3)C(=O)C1S2)Nc1cccc2ccccc12. The summed E-state index contributed by atoms with van der Waals surface area (Å²) in [6.45, 7) is -0.241. The zero-order valence-electron chi connectivity index (χ0n) is 22.2. The Kier molecular flexibility index (Phi) is 7.13. The number of hydrogen-bond acceptors (Lipinski definition) is 6. The molecule has 0 aliphatic carbocycles. The molecule has 1 saturated heterocycles. The number of aromatic nitrogens is 1. The average molecular weight is 647 g/mol. The van der Waals surface area contributed by atoms with Gasteiger partial charge >= 0.3 is 4.87 Å². The Labute approximate surface area is 264 Å². The molecule has 3 amide bonds. The number of carbonyl (C=O) groups is 3. The zero-order chi connectivity index (χ0) is 29.8. The fraction of sp³-hybridized carbons (Fsp3) is 0.125. The normalized spacial score (nSPS) is 19.4. The molecule has 1 fully saturated rings. The van der Waals surface area contributed by atoms with Gasteiger partial charge in [0.2, 0.25) is 17.7 Å². The summed E-state index contributed by atoms with van der Waals surface area (Å²) in [6.07, 6.45) is 0. The van der Waals surface area contributed by atoms with Crippen LogP contribution in [0.5, 0.6) is 0 Å². The van der Waals surface area contributed by atoms with Gasteiger partial charge in [0.25, 0.3) is 0 Å². The van der Waals surface area contributed by atoms with Gasteiger partial charge in [0, 0.05) is 31.9 Å². The topological polar surface area (TPSA) is 88.5 Å². The second-order valence-corrected chi connectivity index (χ2v) is 13.3. The first-order valence-electron chi connectivity index (χ1n) is 13.4. The number of anilines is 2. The molecule has 3 unspecified atom stereocenters. The van der Waals surface area contributed by atoms with Crippen molar-refractivity contribution in [3.8, 4) is 0 Å². The Hall–Kier alpha value is -3.89. The standard InChI is InChI=1S/C32H21Cl2N3O4S2/c33-19-10-8-18(9-11-19)25-26-27(30(40)37(29(26)39)21-14-12-20(34)13-15-21)42-31-28(25)43-32(41)36(31)16-24(38)35-23-7-3-5-17-4-1-2-6-22(17)23/h1-15,25-27H,16H2,(H,35,38). The van der Waals surface area contributed by atoms with Gasteiger partial charge in [-0.25, -0.2) is 4.90 Å². The van der Waals surface area contributed by atoms with Crippen LogP contribution in [-0.4, -0.2) is 27.5 Å². The maximum Gasteiger partial charge on any atom is 0.308 e. The van der Waals surface area contributed by atoms with Gasteiger partial charge in [0.15, 0.2) is 0 Å². The van der Waals surface area contributed by atoms with Crippen molar-refractivity contribution in [1.29, 1.82) is 0 Å². The highest BCUT2D eigenvalue weighted by Crippen LogP contribution is 2.54. The minimum Gasteiger partial charge on any atom is -0.324 e. The summed E-state index contributed by atoms with van der Waals surface area (Å²) in [5, 5.41) is 5.54. The largest absolute Gasteiger partial charge is 0.324 e. The minimum atomic E-state index is -0.794.